The molecule has 16 heavy (non-hydrogen) atoms. The molecule has 0 spiro atoms. The highest BCUT2D eigenvalue weighted by atomic mass is 32.2. The lowest BCUT2D eigenvalue weighted by Crippen LogP contribution is -1.81. The van der Waals surface area contributed by atoms with Gasteiger partial charge in [-0.05, 0) is 36.8 Å². The van der Waals surface area contributed by atoms with Crippen molar-refractivity contribution in [1.82, 2.24) is 0 Å². The van der Waals surface area contributed by atoms with Gasteiger partial charge in [0.1, 0.15) is 5.82 Å². The Labute approximate surface area is 99.5 Å². The zero-order valence-electron chi connectivity index (χ0n) is 9.11. The highest BCUT2D eigenvalue weighted by molar-refractivity contribution is 7.98. The van der Waals surface area contributed by atoms with Crippen molar-refractivity contribution in [2.24, 2.45) is 0 Å². The second-order valence-corrected chi connectivity index (χ2v) is 4.78. The monoisotopic (exact) mass is 232 g/mol. The van der Waals surface area contributed by atoms with E-state index in [-0.39, 0.29) is 5.82 Å². The summed E-state index contributed by atoms with van der Waals surface area (Å²) in [5.74, 6) is 0.702. The van der Waals surface area contributed by atoms with E-state index in [0.29, 0.717) is 0 Å². The van der Waals surface area contributed by atoms with Gasteiger partial charge in [0.25, 0.3) is 0 Å². The molecule has 2 aromatic rings. The molecule has 0 bridgehead atoms. The first-order chi connectivity index (χ1) is 7.74. The predicted molar refractivity (Wildman–Crippen MR) is 67.1 cm³/mol. The minimum Gasteiger partial charge on any atom is -0.207 e. The first-order valence-electron chi connectivity index (χ1n) is 5.18. The van der Waals surface area contributed by atoms with Crippen molar-refractivity contribution in [3.63, 3.8) is 0 Å². The molecule has 0 radical (unpaired) electrons. The highest BCUT2D eigenvalue weighted by Crippen LogP contribution is 2.22. The largest absolute Gasteiger partial charge is 0.207 e. The van der Waals surface area contributed by atoms with Gasteiger partial charge in [0.05, 0.1) is 0 Å². The number of thioether (sulfide) groups is 1. The maximum absolute atomic E-state index is 12.7. The molecule has 2 aromatic carbocycles. The number of aryl methyl sites for hydroxylation is 1. The minimum atomic E-state index is -0.177. The third-order valence-electron chi connectivity index (χ3n) is 2.34. The molecule has 0 heterocycles. The summed E-state index contributed by atoms with van der Waals surface area (Å²) in [6, 6.07) is 15.1. The summed E-state index contributed by atoms with van der Waals surface area (Å²) < 4.78 is 12.7. The van der Waals surface area contributed by atoms with Crippen LogP contribution in [0.25, 0.3) is 0 Å². The fraction of sp³-hybridized carbons (Fsp3) is 0.143. The van der Waals surface area contributed by atoms with Crippen LogP contribution in [0.5, 0.6) is 0 Å². The van der Waals surface area contributed by atoms with E-state index >= 15 is 0 Å². The Morgan fingerprint density at radius 3 is 2.19 bits per heavy atom. The molecule has 0 aliphatic rings. The lowest BCUT2D eigenvalue weighted by atomic mass is 10.2. The van der Waals surface area contributed by atoms with Crippen LogP contribution in [-0.2, 0) is 5.75 Å². The van der Waals surface area contributed by atoms with Crippen molar-refractivity contribution in [1.29, 1.82) is 0 Å². The predicted octanol–water partition coefficient (Wildman–Crippen LogP) is 4.43. The lowest BCUT2D eigenvalue weighted by Gasteiger charge is -2.02. The molecule has 0 nitrogen and oxygen atoms in total. The van der Waals surface area contributed by atoms with Crippen LogP contribution in [0.3, 0.4) is 0 Å². The number of hydrogen-bond acceptors (Lipinski definition) is 1. The molecule has 0 aliphatic heterocycles. The first-order valence-corrected chi connectivity index (χ1v) is 6.16. The van der Waals surface area contributed by atoms with Crippen molar-refractivity contribution in [2.45, 2.75) is 17.6 Å². The summed E-state index contributed by atoms with van der Waals surface area (Å²) in [6.45, 7) is 2.08. The van der Waals surface area contributed by atoms with E-state index in [9.17, 15) is 4.39 Å². The normalized spacial score (nSPS) is 10.4. The fourth-order valence-electron chi connectivity index (χ4n) is 1.38. The summed E-state index contributed by atoms with van der Waals surface area (Å²) in [6.07, 6.45) is 0. The molecule has 0 atom stereocenters. The van der Waals surface area contributed by atoms with Gasteiger partial charge < -0.3 is 0 Å². The summed E-state index contributed by atoms with van der Waals surface area (Å²) in [7, 11) is 0. The molecule has 0 fully saturated rings. The molecular weight excluding hydrogens is 219 g/mol. The molecule has 2 heteroatoms. The van der Waals surface area contributed by atoms with Crippen LogP contribution in [-0.4, -0.2) is 0 Å². The van der Waals surface area contributed by atoms with Crippen molar-refractivity contribution in [3.05, 3.63) is 65.5 Å². The SMILES string of the molecule is Cc1ccc(SCc2ccc(F)cc2)cc1. The topological polar surface area (TPSA) is 0 Å². The van der Waals surface area contributed by atoms with Gasteiger partial charge in [0.2, 0.25) is 0 Å². The van der Waals surface area contributed by atoms with Crippen molar-refractivity contribution in [3.8, 4) is 0 Å². The van der Waals surface area contributed by atoms with E-state index < -0.39 is 0 Å². The van der Waals surface area contributed by atoms with Gasteiger partial charge in [0.15, 0.2) is 0 Å². The van der Waals surface area contributed by atoms with Crippen LogP contribution >= 0.6 is 11.8 Å². The number of hydrogen-bond donors (Lipinski definition) is 0. The lowest BCUT2D eigenvalue weighted by molar-refractivity contribution is 0.627. The molecule has 2 rings (SSSR count). The maximum Gasteiger partial charge on any atom is 0.123 e. The summed E-state index contributed by atoms with van der Waals surface area (Å²) in [4.78, 5) is 1.25. The Morgan fingerprint density at radius 2 is 1.56 bits per heavy atom. The molecule has 0 amide bonds. The fourth-order valence-corrected chi connectivity index (χ4v) is 2.24. The second-order valence-electron chi connectivity index (χ2n) is 3.73. The van der Waals surface area contributed by atoms with Gasteiger partial charge in [-0.2, -0.15) is 0 Å². The van der Waals surface area contributed by atoms with Crippen LogP contribution in [0, 0.1) is 12.7 Å². The van der Waals surface area contributed by atoms with Crippen LogP contribution in [0.2, 0.25) is 0 Å². The summed E-state index contributed by atoms with van der Waals surface area (Å²) >= 11 is 1.77. The van der Waals surface area contributed by atoms with E-state index in [1.807, 2.05) is 12.1 Å². The third kappa shape index (κ3) is 3.11. The molecule has 0 saturated heterocycles. The van der Waals surface area contributed by atoms with Gasteiger partial charge in [-0.3, -0.25) is 0 Å². The quantitative estimate of drug-likeness (QED) is 0.706. The highest BCUT2D eigenvalue weighted by Gasteiger charge is 1.96. The van der Waals surface area contributed by atoms with Crippen molar-refractivity contribution < 1.29 is 4.39 Å². The van der Waals surface area contributed by atoms with E-state index in [1.54, 1.807) is 11.8 Å². The zero-order valence-corrected chi connectivity index (χ0v) is 9.93. The Hall–Kier alpha value is -1.28. The Bertz CT molecular complexity index is 400. The number of halogens is 1. The van der Waals surface area contributed by atoms with Gasteiger partial charge in [0, 0.05) is 10.6 Å². The van der Waals surface area contributed by atoms with Gasteiger partial charge in [-0.25, -0.2) is 4.39 Å². The Balaban J connectivity index is 1.97. The van der Waals surface area contributed by atoms with Gasteiger partial charge in [-0.15, -0.1) is 11.8 Å². The summed E-state index contributed by atoms with van der Waals surface area (Å²) in [5, 5.41) is 0. The smallest absolute Gasteiger partial charge is 0.123 e. The average Bonchev–Trinajstić information content (AvgIpc) is 2.30. The van der Waals surface area contributed by atoms with E-state index in [1.165, 1.54) is 22.6 Å². The molecular formula is C14H13FS. The first kappa shape index (κ1) is 11.2. The second kappa shape index (κ2) is 5.17. The van der Waals surface area contributed by atoms with Crippen LogP contribution in [0.1, 0.15) is 11.1 Å². The molecule has 0 unspecified atom stereocenters. The van der Waals surface area contributed by atoms with E-state index in [0.717, 1.165) is 11.3 Å². The Kier molecular flexibility index (Phi) is 3.62. The standard InChI is InChI=1S/C14H13FS/c1-11-2-8-14(9-3-11)16-10-12-4-6-13(15)7-5-12/h2-9H,10H2,1H3. The number of benzene rings is 2. The minimum absolute atomic E-state index is 0.177. The number of rotatable bonds is 3. The molecule has 0 aliphatic carbocycles. The summed E-state index contributed by atoms with van der Waals surface area (Å²) in [5.41, 5.74) is 2.41. The van der Waals surface area contributed by atoms with Crippen LogP contribution in [0.4, 0.5) is 4.39 Å². The average molecular weight is 232 g/mol. The maximum atomic E-state index is 12.7. The molecule has 0 aromatic heterocycles. The Morgan fingerprint density at radius 1 is 0.938 bits per heavy atom. The molecule has 0 N–H and O–H groups in total. The van der Waals surface area contributed by atoms with E-state index in [2.05, 4.69) is 31.2 Å². The van der Waals surface area contributed by atoms with Crippen LogP contribution < -0.4 is 0 Å². The van der Waals surface area contributed by atoms with Crippen molar-refractivity contribution >= 4 is 11.8 Å². The third-order valence-corrected chi connectivity index (χ3v) is 3.42. The van der Waals surface area contributed by atoms with Gasteiger partial charge in [-0.1, -0.05) is 29.8 Å². The van der Waals surface area contributed by atoms with E-state index in [4.69, 9.17) is 0 Å². The molecule has 0 saturated carbocycles. The van der Waals surface area contributed by atoms with Gasteiger partial charge >= 0.3 is 0 Å². The van der Waals surface area contributed by atoms with Crippen LogP contribution in [0.15, 0.2) is 53.4 Å². The zero-order chi connectivity index (χ0) is 11.4. The van der Waals surface area contributed by atoms with Crippen molar-refractivity contribution in [2.75, 3.05) is 0 Å². The molecule has 82 valence electrons.